The van der Waals surface area contributed by atoms with Crippen molar-refractivity contribution in [1.82, 2.24) is 0 Å². The van der Waals surface area contributed by atoms with E-state index in [2.05, 4.69) is 6.07 Å². The summed E-state index contributed by atoms with van der Waals surface area (Å²) >= 11 is 1.71. The minimum absolute atomic E-state index is 0.525. The number of hydrogen-bond donors (Lipinski definition) is 1. The first-order chi connectivity index (χ1) is 5.81. The first kappa shape index (κ1) is 9.42. The van der Waals surface area contributed by atoms with Crippen LogP contribution in [0.25, 0.3) is 0 Å². The number of methoxy groups -OCH3 is 1. The van der Waals surface area contributed by atoms with E-state index in [1.54, 1.807) is 18.9 Å². The Kier molecular flexibility index (Phi) is 3.44. The number of benzene rings is 1. The summed E-state index contributed by atoms with van der Waals surface area (Å²) in [5.74, 6) is 0.871. The molecule has 0 spiro atoms. The maximum Gasteiger partial charge on any atom is 0.123 e. The van der Waals surface area contributed by atoms with E-state index >= 15 is 0 Å². The molecule has 0 saturated carbocycles. The number of rotatable bonds is 3. The molecule has 0 bridgehead atoms. The smallest absolute Gasteiger partial charge is 0.123 e. The van der Waals surface area contributed by atoms with E-state index in [0.717, 1.165) is 11.3 Å². The zero-order valence-corrected chi connectivity index (χ0v) is 8.15. The highest BCUT2D eigenvalue weighted by Crippen LogP contribution is 2.23. The van der Waals surface area contributed by atoms with Gasteiger partial charge in [0.05, 0.1) is 7.11 Å². The third kappa shape index (κ3) is 1.93. The topological polar surface area (TPSA) is 35.2 Å². The molecule has 0 unspecified atom stereocenters. The van der Waals surface area contributed by atoms with Crippen molar-refractivity contribution < 1.29 is 4.74 Å². The molecule has 0 aliphatic carbocycles. The van der Waals surface area contributed by atoms with Crippen LogP contribution in [-0.4, -0.2) is 13.4 Å². The second-order valence-corrected chi connectivity index (χ2v) is 3.26. The van der Waals surface area contributed by atoms with E-state index in [0.29, 0.717) is 6.54 Å². The van der Waals surface area contributed by atoms with Crippen molar-refractivity contribution in [1.29, 1.82) is 0 Å². The van der Waals surface area contributed by atoms with Crippen LogP contribution < -0.4 is 10.5 Å². The molecule has 2 N–H and O–H groups in total. The van der Waals surface area contributed by atoms with Gasteiger partial charge in [-0.15, -0.1) is 11.8 Å². The van der Waals surface area contributed by atoms with Crippen LogP contribution in [0.4, 0.5) is 0 Å². The number of hydrogen-bond acceptors (Lipinski definition) is 3. The van der Waals surface area contributed by atoms with Gasteiger partial charge in [0.15, 0.2) is 0 Å². The molecule has 0 aliphatic rings. The molecule has 0 aromatic heterocycles. The molecular weight excluding hydrogens is 170 g/mol. The van der Waals surface area contributed by atoms with Crippen LogP contribution >= 0.6 is 11.8 Å². The summed E-state index contributed by atoms with van der Waals surface area (Å²) in [5.41, 5.74) is 6.62. The molecular formula is C9H13NOS. The van der Waals surface area contributed by atoms with E-state index in [4.69, 9.17) is 10.5 Å². The van der Waals surface area contributed by atoms with E-state index in [1.807, 2.05) is 18.4 Å². The fraction of sp³-hybridized carbons (Fsp3) is 0.333. The van der Waals surface area contributed by atoms with E-state index in [-0.39, 0.29) is 0 Å². The lowest BCUT2D eigenvalue weighted by Gasteiger charge is -2.07. The van der Waals surface area contributed by atoms with Gasteiger partial charge in [0.1, 0.15) is 5.75 Å². The monoisotopic (exact) mass is 183 g/mol. The standard InChI is InChI=1S/C9H13NOS/c1-11-9-4-3-8(12-2)5-7(9)6-10/h3-5H,6,10H2,1-2H3. The molecule has 3 heteroatoms. The Hall–Kier alpha value is -0.670. The highest BCUT2D eigenvalue weighted by molar-refractivity contribution is 7.98. The highest BCUT2D eigenvalue weighted by Gasteiger charge is 2.01. The normalized spacial score (nSPS) is 9.92. The molecule has 0 fully saturated rings. The minimum Gasteiger partial charge on any atom is -0.496 e. The van der Waals surface area contributed by atoms with Crippen LogP contribution in [-0.2, 0) is 6.54 Å². The summed E-state index contributed by atoms with van der Waals surface area (Å²) < 4.78 is 5.15. The van der Waals surface area contributed by atoms with Crippen molar-refractivity contribution >= 4 is 11.8 Å². The summed E-state index contributed by atoms with van der Waals surface area (Å²) in [5, 5.41) is 0. The molecule has 0 atom stereocenters. The minimum atomic E-state index is 0.525. The fourth-order valence-electron chi connectivity index (χ4n) is 1.04. The first-order valence-electron chi connectivity index (χ1n) is 3.72. The van der Waals surface area contributed by atoms with Gasteiger partial charge in [-0.3, -0.25) is 0 Å². The molecule has 1 rings (SSSR count). The van der Waals surface area contributed by atoms with E-state index in [1.165, 1.54) is 4.90 Å². The van der Waals surface area contributed by atoms with Gasteiger partial charge >= 0.3 is 0 Å². The van der Waals surface area contributed by atoms with E-state index in [9.17, 15) is 0 Å². The van der Waals surface area contributed by atoms with Crippen molar-refractivity contribution in [2.75, 3.05) is 13.4 Å². The molecule has 1 aromatic rings. The second kappa shape index (κ2) is 4.38. The van der Waals surface area contributed by atoms with Gasteiger partial charge in [0.25, 0.3) is 0 Å². The van der Waals surface area contributed by atoms with Crippen LogP contribution in [0.1, 0.15) is 5.56 Å². The molecule has 0 amide bonds. The number of nitrogens with two attached hydrogens (primary N) is 1. The fourth-order valence-corrected chi connectivity index (χ4v) is 1.51. The van der Waals surface area contributed by atoms with Crippen molar-refractivity contribution in [3.8, 4) is 5.75 Å². The quantitative estimate of drug-likeness (QED) is 0.727. The molecule has 0 heterocycles. The Morgan fingerprint density at radius 2 is 2.25 bits per heavy atom. The van der Waals surface area contributed by atoms with Gasteiger partial charge in [-0.1, -0.05) is 0 Å². The van der Waals surface area contributed by atoms with Crippen LogP contribution in [0.15, 0.2) is 23.1 Å². The van der Waals surface area contributed by atoms with Gasteiger partial charge in [-0.2, -0.15) is 0 Å². The largest absolute Gasteiger partial charge is 0.496 e. The number of ether oxygens (including phenoxy) is 1. The third-order valence-corrected chi connectivity index (χ3v) is 2.43. The van der Waals surface area contributed by atoms with Gasteiger partial charge in [-0.25, -0.2) is 0 Å². The maximum absolute atomic E-state index is 5.56. The lowest BCUT2D eigenvalue weighted by molar-refractivity contribution is 0.409. The predicted molar refractivity (Wildman–Crippen MR) is 52.7 cm³/mol. The Morgan fingerprint density at radius 1 is 1.50 bits per heavy atom. The van der Waals surface area contributed by atoms with Crippen molar-refractivity contribution in [3.63, 3.8) is 0 Å². The van der Waals surface area contributed by atoms with E-state index < -0.39 is 0 Å². The van der Waals surface area contributed by atoms with Gasteiger partial charge < -0.3 is 10.5 Å². The summed E-state index contributed by atoms with van der Waals surface area (Å²) in [7, 11) is 1.66. The second-order valence-electron chi connectivity index (χ2n) is 2.38. The van der Waals surface area contributed by atoms with Crippen molar-refractivity contribution in [3.05, 3.63) is 23.8 Å². The molecule has 2 nitrogen and oxygen atoms in total. The average molecular weight is 183 g/mol. The molecule has 0 aliphatic heterocycles. The van der Waals surface area contributed by atoms with Crippen molar-refractivity contribution in [2.24, 2.45) is 5.73 Å². The van der Waals surface area contributed by atoms with Gasteiger partial charge in [-0.05, 0) is 24.5 Å². The molecule has 0 radical (unpaired) electrons. The first-order valence-corrected chi connectivity index (χ1v) is 4.95. The predicted octanol–water partition coefficient (Wildman–Crippen LogP) is 1.88. The van der Waals surface area contributed by atoms with Crippen LogP contribution in [0, 0.1) is 0 Å². The Balaban J connectivity index is 3.02. The summed E-state index contributed by atoms with van der Waals surface area (Å²) in [4.78, 5) is 1.22. The van der Waals surface area contributed by atoms with Crippen LogP contribution in [0.5, 0.6) is 5.75 Å². The maximum atomic E-state index is 5.56. The Morgan fingerprint density at radius 3 is 2.75 bits per heavy atom. The Labute approximate surface area is 77.1 Å². The lowest BCUT2D eigenvalue weighted by atomic mass is 10.2. The molecule has 12 heavy (non-hydrogen) atoms. The lowest BCUT2D eigenvalue weighted by Crippen LogP contribution is -1.99. The third-order valence-electron chi connectivity index (χ3n) is 1.71. The van der Waals surface area contributed by atoms with Crippen molar-refractivity contribution in [2.45, 2.75) is 11.4 Å². The summed E-state index contributed by atoms with van der Waals surface area (Å²) in [6.07, 6.45) is 2.04. The number of thioether (sulfide) groups is 1. The van der Waals surface area contributed by atoms with Gasteiger partial charge in [0.2, 0.25) is 0 Å². The Bertz CT molecular complexity index is 263. The summed E-state index contributed by atoms with van der Waals surface area (Å²) in [6, 6.07) is 6.04. The molecule has 66 valence electrons. The van der Waals surface area contributed by atoms with Gasteiger partial charge in [0, 0.05) is 17.0 Å². The summed E-state index contributed by atoms with van der Waals surface area (Å²) in [6.45, 7) is 0.525. The average Bonchev–Trinajstić information content (AvgIpc) is 2.16. The SMILES string of the molecule is COc1ccc(SC)cc1CN. The highest BCUT2D eigenvalue weighted by atomic mass is 32.2. The zero-order valence-electron chi connectivity index (χ0n) is 7.33. The van der Waals surface area contributed by atoms with Crippen LogP contribution in [0.2, 0.25) is 0 Å². The molecule has 0 saturated heterocycles. The van der Waals surface area contributed by atoms with Crippen LogP contribution in [0.3, 0.4) is 0 Å². The zero-order chi connectivity index (χ0) is 8.97. The molecule has 1 aromatic carbocycles.